The summed E-state index contributed by atoms with van der Waals surface area (Å²) < 4.78 is 10.6. The van der Waals surface area contributed by atoms with Crippen molar-refractivity contribution >= 4 is 18.1 Å². The first-order valence-electron chi connectivity index (χ1n) is 9.15. The van der Waals surface area contributed by atoms with Gasteiger partial charge in [0.05, 0.1) is 6.21 Å². The molecule has 0 atom stereocenters. The van der Waals surface area contributed by atoms with Gasteiger partial charge in [0, 0.05) is 5.56 Å². The summed E-state index contributed by atoms with van der Waals surface area (Å²) in [7, 11) is 0. The Morgan fingerprint density at radius 1 is 0.833 bits per heavy atom. The Balaban J connectivity index is 1.49. The van der Waals surface area contributed by atoms with Crippen LogP contribution in [0.15, 0.2) is 84.0 Å². The molecule has 0 unspecified atom stereocenters. The van der Waals surface area contributed by atoms with Crippen molar-refractivity contribution < 1.29 is 24.2 Å². The number of carbonyl (C=O) groups excluding carboxylic acids is 1. The van der Waals surface area contributed by atoms with E-state index in [1.165, 1.54) is 6.21 Å². The molecule has 0 aliphatic rings. The second-order valence-corrected chi connectivity index (χ2v) is 6.19. The van der Waals surface area contributed by atoms with E-state index in [-0.39, 0.29) is 6.61 Å². The number of aliphatic carboxylic acids is 1. The summed E-state index contributed by atoms with van der Waals surface area (Å²) in [4.78, 5) is 22.6. The quantitative estimate of drug-likeness (QED) is 0.421. The molecule has 152 valence electrons. The molecule has 0 spiro atoms. The summed E-state index contributed by atoms with van der Waals surface area (Å²) in [6.07, 6.45) is 1.38. The number of benzene rings is 3. The van der Waals surface area contributed by atoms with Crippen molar-refractivity contribution in [2.45, 2.75) is 0 Å². The van der Waals surface area contributed by atoms with Crippen LogP contribution < -0.4 is 14.9 Å². The molecule has 7 nitrogen and oxygen atoms in total. The van der Waals surface area contributed by atoms with Gasteiger partial charge in [0.1, 0.15) is 11.5 Å². The highest BCUT2D eigenvalue weighted by Gasteiger charge is 2.05. The summed E-state index contributed by atoms with van der Waals surface area (Å²) in [5, 5.41) is 12.6. The lowest BCUT2D eigenvalue weighted by molar-refractivity contribution is -0.139. The third-order valence-corrected chi connectivity index (χ3v) is 3.99. The molecule has 3 rings (SSSR count). The highest BCUT2D eigenvalue weighted by atomic mass is 16.5. The van der Waals surface area contributed by atoms with Crippen molar-refractivity contribution in [3.8, 4) is 22.6 Å². The fraction of sp³-hybridized carbons (Fsp3) is 0.0870. The Kier molecular flexibility index (Phi) is 7.16. The van der Waals surface area contributed by atoms with E-state index in [4.69, 9.17) is 14.6 Å². The number of carboxylic acid groups (broad SMARTS) is 1. The van der Waals surface area contributed by atoms with E-state index in [1.807, 2.05) is 42.5 Å². The summed E-state index contributed by atoms with van der Waals surface area (Å²) in [6, 6.07) is 24.2. The van der Waals surface area contributed by atoms with E-state index in [0.717, 1.165) is 11.1 Å². The van der Waals surface area contributed by atoms with Gasteiger partial charge in [-0.3, -0.25) is 4.79 Å². The van der Waals surface area contributed by atoms with Crippen molar-refractivity contribution in [2.24, 2.45) is 5.10 Å². The van der Waals surface area contributed by atoms with Crippen molar-refractivity contribution in [1.82, 2.24) is 5.43 Å². The second-order valence-electron chi connectivity index (χ2n) is 6.19. The largest absolute Gasteiger partial charge is 0.484 e. The van der Waals surface area contributed by atoms with E-state index in [1.54, 1.807) is 36.4 Å². The van der Waals surface area contributed by atoms with E-state index >= 15 is 0 Å². The number of carboxylic acids is 1. The number of para-hydroxylation sites is 1. The minimum Gasteiger partial charge on any atom is -0.484 e. The molecule has 0 aliphatic carbocycles. The smallest absolute Gasteiger partial charge is 0.341 e. The standard InChI is InChI=1S/C23H20N2O5/c26-22(25-24-14-19-8-4-5-9-21(19)30-16-23(27)28)15-29-20-12-10-18(11-13-20)17-6-2-1-3-7-17/h1-14H,15-16H2,(H,25,26)(H,27,28)/b24-14-. The fourth-order valence-corrected chi connectivity index (χ4v) is 2.59. The summed E-state index contributed by atoms with van der Waals surface area (Å²) >= 11 is 0. The SMILES string of the molecule is O=C(O)COc1ccccc1/C=N\NC(=O)COc1ccc(-c2ccccc2)cc1. The van der Waals surface area contributed by atoms with E-state index in [9.17, 15) is 9.59 Å². The molecule has 0 radical (unpaired) electrons. The van der Waals surface area contributed by atoms with Crippen LogP contribution in [-0.2, 0) is 9.59 Å². The normalized spacial score (nSPS) is 10.5. The zero-order valence-electron chi connectivity index (χ0n) is 16.0. The van der Waals surface area contributed by atoms with Crippen molar-refractivity contribution in [3.05, 3.63) is 84.4 Å². The summed E-state index contributed by atoms with van der Waals surface area (Å²) in [5.74, 6) is -0.583. The van der Waals surface area contributed by atoms with Crippen LogP contribution in [-0.4, -0.2) is 36.4 Å². The lowest BCUT2D eigenvalue weighted by atomic mass is 10.1. The van der Waals surface area contributed by atoms with Crippen molar-refractivity contribution in [1.29, 1.82) is 0 Å². The van der Waals surface area contributed by atoms with Crippen LogP contribution in [0.3, 0.4) is 0 Å². The first-order valence-corrected chi connectivity index (χ1v) is 9.15. The third-order valence-electron chi connectivity index (χ3n) is 3.99. The third kappa shape index (κ3) is 6.20. The Bertz CT molecular complexity index is 1020. The minimum atomic E-state index is -1.08. The molecular formula is C23H20N2O5. The lowest BCUT2D eigenvalue weighted by Gasteiger charge is -2.07. The van der Waals surface area contributed by atoms with Gasteiger partial charge in [-0.2, -0.15) is 5.10 Å². The molecule has 0 bridgehead atoms. The summed E-state index contributed by atoms with van der Waals surface area (Å²) in [6.45, 7) is -0.659. The Hall–Kier alpha value is -4.13. The predicted molar refractivity (Wildman–Crippen MR) is 113 cm³/mol. The highest BCUT2D eigenvalue weighted by molar-refractivity contribution is 5.85. The van der Waals surface area contributed by atoms with Gasteiger partial charge in [0.15, 0.2) is 13.2 Å². The molecule has 0 fully saturated rings. The molecule has 30 heavy (non-hydrogen) atoms. The number of ether oxygens (including phenoxy) is 2. The van der Waals surface area contributed by atoms with Crippen LogP contribution >= 0.6 is 0 Å². The van der Waals surface area contributed by atoms with Crippen LogP contribution in [0.25, 0.3) is 11.1 Å². The average Bonchev–Trinajstić information content (AvgIpc) is 2.78. The number of nitrogens with one attached hydrogen (secondary N) is 1. The number of hydrogen-bond donors (Lipinski definition) is 2. The van der Waals surface area contributed by atoms with Gasteiger partial charge in [0.25, 0.3) is 5.91 Å². The number of hydrogen-bond acceptors (Lipinski definition) is 5. The lowest BCUT2D eigenvalue weighted by Crippen LogP contribution is -2.24. The molecule has 0 aliphatic heterocycles. The zero-order chi connectivity index (χ0) is 21.2. The van der Waals surface area contributed by atoms with Gasteiger partial charge in [-0.05, 0) is 35.4 Å². The fourth-order valence-electron chi connectivity index (χ4n) is 2.59. The first-order chi connectivity index (χ1) is 14.6. The Morgan fingerprint density at radius 3 is 2.23 bits per heavy atom. The number of rotatable bonds is 9. The van der Waals surface area contributed by atoms with Gasteiger partial charge < -0.3 is 14.6 Å². The molecule has 2 N–H and O–H groups in total. The van der Waals surface area contributed by atoms with E-state index < -0.39 is 18.5 Å². The average molecular weight is 404 g/mol. The Morgan fingerprint density at radius 2 is 1.50 bits per heavy atom. The molecule has 3 aromatic rings. The minimum absolute atomic E-state index is 0.195. The van der Waals surface area contributed by atoms with E-state index in [0.29, 0.717) is 17.1 Å². The van der Waals surface area contributed by atoms with E-state index in [2.05, 4.69) is 10.5 Å². The molecule has 1 amide bonds. The molecule has 0 saturated heterocycles. The summed E-state index contributed by atoms with van der Waals surface area (Å²) in [5.41, 5.74) is 5.06. The van der Waals surface area contributed by atoms with Gasteiger partial charge in [-0.1, -0.05) is 54.6 Å². The van der Waals surface area contributed by atoms with Gasteiger partial charge in [0.2, 0.25) is 0 Å². The molecular weight excluding hydrogens is 384 g/mol. The maximum absolute atomic E-state index is 11.9. The zero-order valence-corrected chi connectivity index (χ0v) is 16.0. The second kappa shape index (κ2) is 10.4. The number of nitrogens with zero attached hydrogens (tertiary/aromatic N) is 1. The van der Waals surface area contributed by atoms with Gasteiger partial charge in [-0.25, -0.2) is 10.2 Å². The van der Waals surface area contributed by atoms with Gasteiger partial charge in [-0.15, -0.1) is 0 Å². The molecule has 0 heterocycles. The molecule has 0 saturated carbocycles. The van der Waals surface area contributed by atoms with Crippen LogP contribution in [0.2, 0.25) is 0 Å². The maximum atomic E-state index is 11.9. The number of carbonyl (C=O) groups is 2. The molecule has 3 aromatic carbocycles. The first kappa shape index (κ1) is 20.6. The number of hydrazone groups is 1. The maximum Gasteiger partial charge on any atom is 0.341 e. The van der Waals surface area contributed by atoms with Crippen molar-refractivity contribution in [3.63, 3.8) is 0 Å². The monoisotopic (exact) mass is 404 g/mol. The highest BCUT2D eigenvalue weighted by Crippen LogP contribution is 2.22. The Labute approximate surface area is 173 Å². The van der Waals surface area contributed by atoms with Crippen LogP contribution in [0.5, 0.6) is 11.5 Å². The van der Waals surface area contributed by atoms with Crippen LogP contribution in [0, 0.1) is 0 Å². The topological polar surface area (TPSA) is 97.2 Å². The number of amides is 1. The van der Waals surface area contributed by atoms with Gasteiger partial charge >= 0.3 is 5.97 Å². The van der Waals surface area contributed by atoms with Crippen LogP contribution in [0.1, 0.15) is 5.56 Å². The molecule has 7 heteroatoms. The predicted octanol–water partition coefficient (Wildman–Crippen LogP) is 3.35. The van der Waals surface area contributed by atoms with Crippen molar-refractivity contribution in [2.75, 3.05) is 13.2 Å². The molecule has 0 aromatic heterocycles. The van der Waals surface area contributed by atoms with Crippen LogP contribution in [0.4, 0.5) is 0 Å².